The Morgan fingerprint density at radius 1 is 0.864 bits per heavy atom. The smallest absolute Gasteiger partial charge is 0.202 e. The number of nitrogens with zero attached hydrogens (tertiary/aromatic N) is 1. The van der Waals surface area contributed by atoms with Gasteiger partial charge in [0, 0.05) is 13.2 Å². The van der Waals surface area contributed by atoms with Crippen LogP contribution in [-0.2, 0) is 7.05 Å². The Hall–Kier alpha value is -2.87. The lowest BCUT2D eigenvalue weighted by Crippen LogP contribution is -2.01. The molecule has 1 heterocycles. The summed E-state index contributed by atoms with van der Waals surface area (Å²) in [7, 11) is 1.87. The molecule has 22 heavy (non-hydrogen) atoms. The number of hydrogen-bond donors (Lipinski definition) is 0. The Bertz CT molecular complexity index is 795. The van der Waals surface area contributed by atoms with Crippen LogP contribution < -0.4 is 0 Å². The van der Waals surface area contributed by atoms with E-state index in [1.54, 1.807) is 6.08 Å². The third kappa shape index (κ3) is 3.07. The number of benzene rings is 2. The van der Waals surface area contributed by atoms with Crippen molar-refractivity contribution in [2.45, 2.75) is 0 Å². The minimum absolute atomic E-state index is 0.0136. The van der Waals surface area contributed by atoms with E-state index < -0.39 is 0 Å². The number of aryl methyl sites for hydroxylation is 1. The zero-order valence-electron chi connectivity index (χ0n) is 12.4. The van der Waals surface area contributed by atoms with E-state index in [0.717, 1.165) is 5.56 Å². The molecular weight excluding hydrogens is 270 g/mol. The van der Waals surface area contributed by atoms with Gasteiger partial charge in [-0.05, 0) is 34.9 Å². The van der Waals surface area contributed by atoms with Crippen LogP contribution in [0.1, 0.15) is 16.1 Å². The van der Waals surface area contributed by atoms with Crippen molar-refractivity contribution >= 4 is 11.9 Å². The highest BCUT2D eigenvalue weighted by atomic mass is 16.1. The van der Waals surface area contributed by atoms with Gasteiger partial charge in [-0.25, -0.2) is 0 Å². The van der Waals surface area contributed by atoms with Crippen LogP contribution in [0.15, 0.2) is 79.0 Å². The number of hydrogen-bond acceptors (Lipinski definition) is 1. The van der Waals surface area contributed by atoms with E-state index in [9.17, 15) is 4.79 Å². The first kappa shape index (κ1) is 14.1. The molecule has 3 aromatic rings. The highest BCUT2D eigenvalue weighted by Crippen LogP contribution is 2.19. The van der Waals surface area contributed by atoms with E-state index in [4.69, 9.17) is 0 Å². The van der Waals surface area contributed by atoms with Gasteiger partial charge in [0.25, 0.3) is 0 Å². The zero-order valence-corrected chi connectivity index (χ0v) is 12.4. The van der Waals surface area contributed by atoms with Crippen LogP contribution in [0, 0.1) is 0 Å². The van der Waals surface area contributed by atoms with Gasteiger partial charge >= 0.3 is 0 Å². The molecule has 2 aromatic carbocycles. The fraction of sp³-hybridized carbons (Fsp3) is 0.0500. The van der Waals surface area contributed by atoms with Crippen molar-refractivity contribution in [3.8, 4) is 11.1 Å². The predicted octanol–water partition coefficient (Wildman–Crippen LogP) is 4.59. The van der Waals surface area contributed by atoms with Crippen molar-refractivity contribution in [3.05, 3.63) is 90.3 Å². The lowest BCUT2D eigenvalue weighted by molar-refractivity contribution is 0.104. The Morgan fingerprint density at radius 3 is 2.18 bits per heavy atom. The number of carbonyl (C=O) groups excluding carboxylic acids is 1. The molecule has 0 atom stereocenters. The molecule has 0 bridgehead atoms. The van der Waals surface area contributed by atoms with Gasteiger partial charge < -0.3 is 4.57 Å². The van der Waals surface area contributed by atoms with Crippen molar-refractivity contribution < 1.29 is 4.79 Å². The van der Waals surface area contributed by atoms with Crippen LogP contribution in [0.5, 0.6) is 0 Å². The summed E-state index contributed by atoms with van der Waals surface area (Å²) in [5.41, 5.74) is 4.07. The van der Waals surface area contributed by atoms with Crippen LogP contribution in [0.4, 0.5) is 0 Å². The second-order valence-corrected chi connectivity index (χ2v) is 5.19. The van der Waals surface area contributed by atoms with Crippen molar-refractivity contribution in [2.24, 2.45) is 7.05 Å². The molecule has 2 nitrogen and oxygen atoms in total. The number of aromatic nitrogens is 1. The fourth-order valence-electron chi connectivity index (χ4n) is 2.39. The van der Waals surface area contributed by atoms with Crippen LogP contribution in [0.25, 0.3) is 17.2 Å². The van der Waals surface area contributed by atoms with Gasteiger partial charge in [-0.15, -0.1) is 0 Å². The van der Waals surface area contributed by atoms with Crippen LogP contribution in [-0.4, -0.2) is 10.4 Å². The molecule has 2 heteroatoms. The van der Waals surface area contributed by atoms with Gasteiger partial charge in [-0.1, -0.05) is 60.7 Å². The summed E-state index contributed by atoms with van der Waals surface area (Å²) in [6.07, 6.45) is 5.34. The maximum atomic E-state index is 12.1. The molecule has 1 aromatic heterocycles. The van der Waals surface area contributed by atoms with Crippen LogP contribution >= 0.6 is 0 Å². The van der Waals surface area contributed by atoms with Crippen molar-refractivity contribution in [2.75, 3.05) is 0 Å². The number of carbonyl (C=O) groups is 1. The molecule has 0 aliphatic heterocycles. The molecule has 3 rings (SSSR count). The molecule has 0 amide bonds. The molecule has 0 fully saturated rings. The predicted molar refractivity (Wildman–Crippen MR) is 90.7 cm³/mol. The van der Waals surface area contributed by atoms with Gasteiger partial charge in [0.15, 0.2) is 0 Å². The quantitative estimate of drug-likeness (QED) is 0.508. The Balaban J connectivity index is 1.75. The minimum Gasteiger partial charge on any atom is -0.348 e. The molecule has 0 aliphatic rings. The van der Waals surface area contributed by atoms with E-state index in [0.29, 0.717) is 5.69 Å². The molecule has 108 valence electrons. The van der Waals surface area contributed by atoms with Gasteiger partial charge in [-0.2, -0.15) is 0 Å². The summed E-state index contributed by atoms with van der Waals surface area (Å²) in [5.74, 6) is 0.0136. The Morgan fingerprint density at radius 2 is 1.55 bits per heavy atom. The first-order valence-corrected chi connectivity index (χ1v) is 7.23. The summed E-state index contributed by atoms with van der Waals surface area (Å²) in [6.45, 7) is 0. The maximum absolute atomic E-state index is 12.1. The third-order valence-corrected chi connectivity index (χ3v) is 3.64. The molecule has 0 unspecified atom stereocenters. The van der Waals surface area contributed by atoms with Gasteiger partial charge in [0.05, 0.1) is 5.69 Å². The average molecular weight is 287 g/mol. The normalized spacial score (nSPS) is 11.0. The summed E-state index contributed by atoms with van der Waals surface area (Å²) in [4.78, 5) is 12.1. The Kier molecular flexibility index (Phi) is 4.01. The van der Waals surface area contributed by atoms with E-state index >= 15 is 0 Å². The summed E-state index contributed by atoms with van der Waals surface area (Å²) in [5, 5.41) is 0. The molecule has 0 saturated heterocycles. The lowest BCUT2D eigenvalue weighted by atomic mass is 10.0. The molecule has 0 saturated carbocycles. The SMILES string of the molecule is Cn1cccc1C(=O)/C=C/c1ccc(-c2ccccc2)cc1. The molecule has 0 aliphatic carbocycles. The number of rotatable bonds is 4. The van der Waals surface area contributed by atoms with E-state index in [2.05, 4.69) is 24.3 Å². The molecule has 0 radical (unpaired) electrons. The monoisotopic (exact) mass is 287 g/mol. The van der Waals surface area contributed by atoms with Crippen molar-refractivity contribution in [1.29, 1.82) is 0 Å². The first-order valence-electron chi connectivity index (χ1n) is 7.23. The number of allylic oxidation sites excluding steroid dienone is 1. The maximum Gasteiger partial charge on any atom is 0.202 e. The van der Waals surface area contributed by atoms with Gasteiger partial charge in [0.2, 0.25) is 5.78 Å². The minimum atomic E-state index is 0.0136. The summed E-state index contributed by atoms with van der Waals surface area (Å²) in [6, 6.07) is 22.1. The van der Waals surface area contributed by atoms with Crippen LogP contribution in [0.2, 0.25) is 0 Å². The summed E-state index contributed by atoms with van der Waals surface area (Å²) < 4.78 is 1.82. The fourth-order valence-corrected chi connectivity index (χ4v) is 2.39. The number of ketones is 1. The average Bonchev–Trinajstić information content (AvgIpc) is 3.00. The molecule has 0 N–H and O–H groups in total. The van der Waals surface area contributed by atoms with Gasteiger partial charge in [-0.3, -0.25) is 4.79 Å². The van der Waals surface area contributed by atoms with E-state index in [-0.39, 0.29) is 5.78 Å². The van der Waals surface area contributed by atoms with Crippen molar-refractivity contribution in [1.82, 2.24) is 4.57 Å². The van der Waals surface area contributed by atoms with Gasteiger partial charge in [0.1, 0.15) is 0 Å². The highest BCUT2D eigenvalue weighted by Gasteiger charge is 2.04. The van der Waals surface area contributed by atoms with Crippen molar-refractivity contribution in [3.63, 3.8) is 0 Å². The van der Waals surface area contributed by atoms with E-state index in [1.165, 1.54) is 11.1 Å². The Labute approximate surface area is 130 Å². The first-order chi connectivity index (χ1) is 10.7. The second kappa shape index (κ2) is 6.27. The largest absolute Gasteiger partial charge is 0.348 e. The topological polar surface area (TPSA) is 22.0 Å². The standard InChI is InChI=1S/C20H17NO/c1-21-15-5-8-19(21)20(22)14-11-16-9-12-18(13-10-16)17-6-3-2-4-7-17/h2-15H,1H3/b14-11+. The third-order valence-electron chi connectivity index (χ3n) is 3.64. The summed E-state index contributed by atoms with van der Waals surface area (Å²) >= 11 is 0. The molecule has 0 spiro atoms. The molecular formula is C20H17NO. The zero-order chi connectivity index (χ0) is 15.4. The van der Waals surface area contributed by atoms with Crippen LogP contribution in [0.3, 0.4) is 0 Å². The van der Waals surface area contributed by atoms with E-state index in [1.807, 2.05) is 66.4 Å². The highest BCUT2D eigenvalue weighted by molar-refractivity contribution is 6.05. The second-order valence-electron chi connectivity index (χ2n) is 5.19. The lowest BCUT2D eigenvalue weighted by Gasteiger charge is -2.02.